The minimum Gasteiger partial charge on any atom is -0.374 e. The van der Waals surface area contributed by atoms with Gasteiger partial charge in [0.2, 0.25) is 0 Å². The normalized spacial score (nSPS) is 25.0. The minimum absolute atomic E-state index is 0.117. The number of rotatable bonds is 3. The molecule has 0 radical (unpaired) electrons. The van der Waals surface area contributed by atoms with Crippen molar-refractivity contribution in [3.63, 3.8) is 0 Å². The van der Waals surface area contributed by atoms with Crippen LogP contribution in [0.4, 0.5) is 0 Å². The highest BCUT2D eigenvalue weighted by Gasteiger charge is 2.43. The standard InChI is InChI=1S/C17H23N3OS/c1-19-11-16(9-18-19)15-8-17(21-12-15)3-5-20(6-4-17)10-14-2-7-22-13-14/h2,7,9,11,13,15H,3-6,8,10,12H2,1H3/t15-/m0/s1. The van der Waals surface area contributed by atoms with Crippen molar-refractivity contribution in [1.29, 1.82) is 0 Å². The molecule has 5 heteroatoms. The van der Waals surface area contributed by atoms with Crippen LogP contribution >= 0.6 is 11.3 Å². The summed E-state index contributed by atoms with van der Waals surface area (Å²) in [7, 11) is 1.98. The van der Waals surface area contributed by atoms with E-state index < -0.39 is 0 Å². The van der Waals surface area contributed by atoms with Gasteiger partial charge >= 0.3 is 0 Å². The number of thiophene rings is 1. The first-order valence-corrected chi connectivity index (χ1v) is 9.03. The van der Waals surface area contributed by atoms with Gasteiger partial charge in [0.1, 0.15) is 0 Å². The summed E-state index contributed by atoms with van der Waals surface area (Å²) in [6.07, 6.45) is 7.62. The van der Waals surface area contributed by atoms with Crippen LogP contribution in [0, 0.1) is 0 Å². The Morgan fingerprint density at radius 3 is 2.95 bits per heavy atom. The van der Waals surface area contributed by atoms with Gasteiger partial charge in [0.15, 0.2) is 0 Å². The van der Waals surface area contributed by atoms with Crippen LogP contribution in [0.2, 0.25) is 0 Å². The summed E-state index contributed by atoms with van der Waals surface area (Å²) in [6.45, 7) is 4.24. The molecule has 0 amide bonds. The minimum atomic E-state index is 0.117. The van der Waals surface area contributed by atoms with Crippen molar-refractivity contribution in [1.82, 2.24) is 14.7 Å². The second kappa shape index (κ2) is 5.80. The average molecular weight is 317 g/mol. The highest BCUT2D eigenvalue weighted by Crippen LogP contribution is 2.42. The Hall–Kier alpha value is -1.17. The molecule has 2 aromatic heterocycles. The van der Waals surface area contributed by atoms with Gasteiger partial charge in [-0.2, -0.15) is 16.4 Å². The molecule has 4 heterocycles. The van der Waals surface area contributed by atoms with Crippen molar-refractivity contribution in [3.05, 3.63) is 40.3 Å². The van der Waals surface area contributed by atoms with Gasteiger partial charge in [0.05, 0.1) is 18.4 Å². The van der Waals surface area contributed by atoms with Crippen molar-refractivity contribution in [2.75, 3.05) is 19.7 Å². The Bertz CT molecular complexity index is 614. The lowest BCUT2D eigenvalue weighted by molar-refractivity contribution is -0.0448. The Balaban J connectivity index is 1.35. The first kappa shape index (κ1) is 14.4. The van der Waals surface area contributed by atoms with Crippen molar-refractivity contribution in [3.8, 4) is 0 Å². The van der Waals surface area contributed by atoms with Crippen molar-refractivity contribution in [2.45, 2.75) is 37.3 Å². The molecule has 0 aromatic carbocycles. The quantitative estimate of drug-likeness (QED) is 0.872. The predicted molar refractivity (Wildman–Crippen MR) is 88.1 cm³/mol. The molecule has 2 saturated heterocycles. The molecule has 4 nitrogen and oxygen atoms in total. The summed E-state index contributed by atoms with van der Waals surface area (Å²) in [6, 6.07) is 2.24. The fourth-order valence-corrected chi connectivity index (χ4v) is 4.48. The number of hydrogen-bond acceptors (Lipinski definition) is 4. The molecular formula is C17H23N3OS. The molecule has 0 bridgehead atoms. The Kier molecular flexibility index (Phi) is 3.80. The van der Waals surface area contributed by atoms with Crippen LogP contribution in [-0.4, -0.2) is 40.0 Å². The summed E-state index contributed by atoms with van der Waals surface area (Å²) in [4.78, 5) is 2.56. The molecule has 2 aromatic rings. The lowest BCUT2D eigenvalue weighted by atomic mass is 9.84. The highest BCUT2D eigenvalue weighted by molar-refractivity contribution is 7.07. The maximum Gasteiger partial charge on any atom is 0.0713 e. The number of ether oxygens (including phenoxy) is 1. The SMILES string of the molecule is Cn1cc([C@@H]2COC3(CCN(Cc4ccsc4)CC3)C2)cn1. The van der Waals surface area contributed by atoms with E-state index in [1.807, 2.05) is 17.9 Å². The summed E-state index contributed by atoms with van der Waals surface area (Å²) < 4.78 is 8.17. The van der Waals surface area contributed by atoms with Crippen LogP contribution < -0.4 is 0 Å². The maximum atomic E-state index is 6.28. The molecule has 0 N–H and O–H groups in total. The smallest absolute Gasteiger partial charge is 0.0713 e. The zero-order valence-corrected chi connectivity index (χ0v) is 13.9. The van der Waals surface area contributed by atoms with Gasteiger partial charge in [0.25, 0.3) is 0 Å². The average Bonchev–Trinajstić information content (AvgIpc) is 3.24. The van der Waals surface area contributed by atoms with Crippen LogP contribution in [0.1, 0.15) is 36.3 Å². The van der Waals surface area contributed by atoms with E-state index in [0.29, 0.717) is 5.92 Å². The number of nitrogens with zero attached hydrogens (tertiary/aromatic N) is 3. The number of likely N-dealkylation sites (tertiary alicyclic amines) is 1. The van der Waals surface area contributed by atoms with E-state index in [2.05, 4.69) is 33.0 Å². The van der Waals surface area contributed by atoms with Crippen molar-refractivity contribution in [2.24, 2.45) is 7.05 Å². The third-order valence-corrected chi connectivity index (χ3v) is 5.89. The number of aromatic nitrogens is 2. The zero-order chi connectivity index (χ0) is 15.0. The third kappa shape index (κ3) is 2.85. The van der Waals surface area contributed by atoms with Crippen molar-refractivity contribution >= 4 is 11.3 Å². The zero-order valence-electron chi connectivity index (χ0n) is 13.1. The van der Waals surface area contributed by atoms with Crippen LogP contribution in [0.5, 0.6) is 0 Å². The Morgan fingerprint density at radius 2 is 2.27 bits per heavy atom. The molecule has 4 rings (SSSR count). The molecule has 22 heavy (non-hydrogen) atoms. The lowest BCUT2D eigenvalue weighted by Crippen LogP contribution is -2.43. The van der Waals surface area contributed by atoms with Gasteiger partial charge < -0.3 is 4.74 Å². The molecule has 2 aliphatic heterocycles. The largest absolute Gasteiger partial charge is 0.374 e. The van der Waals surface area contributed by atoms with Crippen LogP contribution in [-0.2, 0) is 18.3 Å². The number of aryl methyl sites for hydroxylation is 1. The van der Waals surface area contributed by atoms with E-state index in [-0.39, 0.29) is 5.60 Å². The highest BCUT2D eigenvalue weighted by atomic mass is 32.1. The van der Waals surface area contributed by atoms with E-state index in [0.717, 1.165) is 45.5 Å². The van der Waals surface area contributed by atoms with Gasteiger partial charge in [-0.1, -0.05) is 0 Å². The molecule has 2 aliphatic rings. The molecular weight excluding hydrogens is 294 g/mol. The first-order chi connectivity index (χ1) is 10.7. The van der Waals surface area contributed by atoms with E-state index >= 15 is 0 Å². The molecule has 2 fully saturated rings. The summed E-state index contributed by atoms with van der Waals surface area (Å²) >= 11 is 1.79. The number of piperidine rings is 1. The van der Waals surface area contributed by atoms with Crippen LogP contribution in [0.15, 0.2) is 29.2 Å². The molecule has 1 spiro atoms. The van der Waals surface area contributed by atoms with Crippen LogP contribution in [0.3, 0.4) is 0 Å². The van der Waals surface area contributed by atoms with Crippen LogP contribution in [0.25, 0.3) is 0 Å². The molecule has 118 valence electrons. The summed E-state index contributed by atoms with van der Waals surface area (Å²) in [5.41, 5.74) is 2.90. The van der Waals surface area contributed by atoms with Gasteiger partial charge in [0, 0.05) is 38.8 Å². The van der Waals surface area contributed by atoms with E-state index in [1.165, 1.54) is 11.1 Å². The lowest BCUT2D eigenvalue weighted by Gasteiger charge is -2.38. The summed E-state index contributed by atoms with van der Waals surface area (Å²) in [5, 5.41) is 8.73. The van der Waals surface area contributed by atoms with E-state index in [9.17, 15) is 0 Å². The molecule has 0 aliphatic carbocycles. The molecule has 0 saturated carbocycles. The number of hydrogen-bond donors (Lipinski definition) is 0. The fraction of sp³-hybridized carbons (Fsp3) is 0.588. The van der Waals surface area contributed by atoms with Gasteiger partial charge in [-0.3, -0.25) is 9.58 Å². The maximum absolute atomic E-state index is 6.28. The van der Waals surface area contributed by atoms with Crippen molar-refractivity contribution < 1.29 is 4.74 Å². The molecule has 1 atom stereocenters. The molecule has 0 unspecified atom stereocenters. The second-order valence-corrected chi connectivity index (χ2v) is 7.53. The summed E-state index contributed by atoms with van der Waals surface area (Å²) in [5.74, 6) is 0.525. The van der Waals surface area contributed by atoms with E-state index in [1.54, 1.807) is 11.3 Å². The van der Waals surface area contributed by atoms with Gasteiger partial charge in [-0.15, -0.1) is 0 Å². The van der Waals surface area contributed by atoms with E-state index in [4.69, 9.17) is 4.74 Å². The Morgan fingerprint density at radius 1 is 1.41 bits per heavy atom. The topological polar surface area (TPSA) is 30.3 Å². The fourth-order valence-electron chi connectivity index (χ4n) is 3.82. The van der Waals surface area contributed by atoms with Gasteiger partial charge in [-0.25, -0.2) is 0 Å². The second-order valence-electron chi connectivity index (χ2n) is 6.75. The monoisotopic (exact) mass is 317 g/mol. The Labute approximate surface area is 135 Å². The predicted octanol–water partition coefficient (Wildman–Crippen LogP) is 3.02. The van der Waals surface area contributed by atoms with Gasteiger partial charge in [-0.05, 0) is 47.2 Å². The third-order valence-electron chi connectivity index (χ3n) is 5.16. The first-order valence-electron chi connectivity index (χ1n) is 8.08.